The van der Waals surface area contributed by atoms with Crippen molar-refractivity contribution in [3.8, 4) is 0 Å². The van der Waals surface area contributed by atoms with Crippen molar-refractivity contribution in [2.45, 2.75) is 26.9 Å². The fourth-order valence-corrected chi connectivity index (χ4v) is 1.91. The summed E-state index contributed by atoms with van der Waals surface area (Å²) in [5.41, 5.74) is 0.873. The van der Waals surface area contributed by atoms with Gasteiger partial charge in [0.1, 0.15) is 0 Å². The molecule has 0 radical (unpaired) electrons. The van der Waals surface area contributed by atoms with Crippen LogP contribution in [-0.2, 0) is 14.3 Å². The van der Waals surface area contributed by atoms with E-state index in [1.54, 1.807) is 13.0 Å². The second-order valence-electron chi connectivity index (χ2n) is 5.11. The largest absolute Gasteiger partial charge is 0.449 e. The third-order valence-electron chi connectivity index (χ3n) is 2.61. The van der Waals surface area contributed by atoms with E-state index in [2.05, 4.69) is 21.2 Å². The van der Waals surface area contributed by atoms with Gasteiger partial charge in [0.25, 0.3) is 5.91 Å². The van der Waals surface area contributed by atoms with Gasteiger partial charge < -0.3 is 10.1 Å². The monoisotopic (exact) mass is 353 g/mol. The van der Waals surface area contributed by atoms with E-state index in [4.69, 9.17) is 4.74 Å². The van der Waals surface area contributed by atoms with Gasteiger partial charge in [-0.1, -0.05) is 41.9 Å². The first-order valence-electron chi connectivity index (χ1n) is 6.80. The van der Waals surface area contributed by atoms with Crippen LogP contribution in [0.4, 0.5) is 0 Å². The van der Waals surface area contributed by atoms with E-state index < -0.39 is 12.1 Å². The van der Waals surface area contributed by atoms with Gasteiger partial charge in [0.05, 0.1) is 0 Å². The summed E-state index contributed by atoms with van der Waals surface area (Å²) in [6.07, 6.45) is 2.16. The van der Waals surface area contributed by atoms with Crippen LogP contribution in [-0.4, -0.2) is 24.5 Å². The Balaban J connectivity index is 2.47. The van der Waals surface area contributed by atoms with Crippen molar-refractivity contribution in [3.05, 3.63) is 40.4 Å². The molecule has 0 saturated carbocycles. The van der Waals surface area contributed by atoms with Gasteiger partial charge in [-0.05, 0) is 36.6 Å². The van der Waals surface area contributed by atoms with Gasteiger partial charge in [-0.25, -0.2) is 4.79 Å². The van der Waals surface area contributed by atoms with Crippen molar-refractivity contribution >= 4 is 33.9 Å². The van der Waals surface area contributed by atoms with Gasteiger partial charge in [-0.15, -0.1) is 0 Å². The SMILES string of the molecule is CC(C)CNC(=O)[C@@H](C)OC(=O)/C=C/c1cccc(Br)c1. The maximum Gasteiger partial charge on any atom is 0.331 e. The Hall–Kier alpha value is -1.62. The van der Waals surface area contributed by atoms with E-state index in [1.807, 2.05) is 38.1 Å². The molecule has 1 amide bonds. The average molecular weight is 354 g/mol. The second-order valence-corrected chi connectivity index (χ2v) is 6.02. The Morgan fingerprint density at radius 3 is 2.67 bits per heavy atom. The van der Waals surface area contributed by atoms with Crippen molar-refractivity contribution in [3.63, 3.8) is 0 Å². The zero-order valence-electron chi connectivity index (χ0n) is 12.4. The molecule has 1 aromatic rings. The van der Waals surface area contributed by atoms with Crippen LogP contribution in [0.2, 0.25) is 0 Å². The number of amides is 1. The van der Waals surface area contributed by atoms with Gasteiger partial charge in [0.2, 0.25) is 0 Å². The molecule has 0 aliphatic heterocycles. The highest BCUT2D eigenvalue weighted by Crippen LogP contribution is 2.12. The minimum Gasteiger partial charge on any atom is -0.449 e. The van der Waals surface area contributed by atoms with Crippen LogP contribution in [0.25, 0.3) is 6.08 Å². The molecule has 0 saturated heterocycles. The molecule has 1 aromatic carbocycles. The zero-order chi connectivity index (χ0) is 15.8. The second kappa shape index (κ2) is 8.62. The minimum atomic E-state index is -0.802. The van der Waals surface area contributed by atoms with Crippen molar-refractivity contribution in [1.82, 2.24) is 5.32 Å². The molecule has 114 valence electrons. The molecular weight excluding hydrogens is 334 g/mol. The maximum atomic E-state index is 11.7. The molecule has 0 aromatic heterocycles. The molecule has 0 aliphatic carbocycles. The Labute approximate surface area is 133 Å². The van der Waals surface area contributed by atoms with Gasteiger partial charge in [0.15, 0.2) is 6.10 Å². The Morgan fingerprint density at radius 2 is 2.05 bits per heavy atom. The number of nitrogens with one attached hydrogen (secondary N) is 1. The molecule has 0 spiro atoms. The number of carbonyl (C=O) groups is 2. The summed E-state index contributed by atoms with van der Waals surface area (Å²) in [7, 11) is 0. The number of ether oxygens (including phenoxy) is 1. The molecular formula is C16H20BrNO3. The summed E-state index contributed by atoms with van der Waals surface area (Å²) in [5.74, 6) is -0.469. The van der Waals surface area contributed by atoms with Crippen LogP contribution in [0.1, 0.15) is 26.3 Å². The highest BCUT2D eigenvalue weighted by molar-refractivity contribution is 9.10. The highest BCUT2D eigenvalue weighted by atomic mass is 79.9. The first-order valence-corrected chi connectivity index (χ1v) is 7.59. The van der Waals surface area contributed by atoms with Gasteiger partial charge >= 0.3 is 5.97 Å². The lowest BCUT2D eigenvalue weighted by Crippen LogP contribution is -2.37. The van der Waals surface area contributed by atoms with Crippen LogP contribution in [0.5, 0.6) is 0 Å². The molecule has 0 aliphatic rings. The summed E-state index contributed by atoms with van der Waals surface area (Å²) in [4.78, 5) is 23.3. The molecule has 21 heavy (non-hydrogen) atoms. The van der Waals surface area contributed by atoms with Crippen LogP contribution in [0, 0.1) is 5.92 Å². The fraction of sp³-hybridized carbons (Fsp3) is 0.375. The molecule has 0 unspecified atom stereocenters. The summed E-state index contributed by atoms with van der Waals surface area (Å²) in [6.45, 7) is 6.12. The van der Waals surface area contributed by atoms with Crippen molar-refractivity contribution in [2.24, 2.45) is 5.92 Å². The lowest BCUT2D eigenvalue weighted by molar-refractivity contribution is -0.150. The molecule has 0 heterocycles. The molecule has 1 atom stereocenters. The van der Waals surface area contributed by atoms with Crippen molar-refractivity contribution < 1.29 is 14.3 Å². The van der Waals surface area contributed by atoms with Crippen LogP contribution in [0.3, 0.4) is 0 Å². The normalized spacial score (nSPS) is 12.4. The van der Waals surface area contributed by atoms with Crippen molar-refractivity contribution in [2.75, 3.05) is 6.54 Å². The number of rotatable bonds is 6. The predicted octanol–water partition coefficient (Wildman–Crippen LogP) is 3.17. The van der Waals surface area contributed by atoms with Crippen molar-refractivity contribution in [1.29, 1.82) is 0 Å². The minimum absolute atomic E-state index is 0.284. The summed E-state index contributed by atoms with van der Waals surface area (Å²) >= 11 is 3.35. The summed E-state index contributed by atoms with van der Waals surface area (Å²) in [5, 5.41) is 2.72. The van der Waals surface area contributed by atoms with Crippen LogP contribution in [0.15, 0.2) is 34.8 Å². The van der Waals surface area contributed by atoms with Crippen LogP contribution < -0.4 is 5.32 Å². The first kappa shape index (κ1) is 17.4. The Kier molecular flexibility index (Phi) is 7.15. The lowest BCUT2D eigenvalue weighted by atomic mass is 10.2. The number of halogens is 1. The van der Waals surface area contributed by atoms with Gasteiger partial charge in [0, 0.05) is 17.1 Å². The van der Waals surface area contributed by atoms with E-state index in [9.17, 15) is 9.59 Å². The number of benzene rings is 1. The number of esters is 1. The highest BCUT2D eigenvalue weighted by Gasteiger charge is 2.16. The fourth-order valence-electron chi connectivity index (χ4n) is 1.49. The maximum absolute atomic E-state index is 11.7. The number of hydrogen-bond acceptors (Lipinski definition) is 3. The number of hydrogen-bond donors (Lipinski definition) is 1. The summed E-state index contributed by atoms with van der Waals surface area (Å²) in [6, 6.07) is 7.52. The lowest BCUT2D eigenvalue weighted by Gasteiger charge is -2.13. The van der Waals surface area contributed by atoms with Crippen LogP contribution >= 0.6 is 15.9 Å². The molecule has 1 N–H and O–H groups in total. The third kappa shape index (κ3) is 7.09. The zero-order valence-corrected chi connectivity index (χ0v) is 14.0. The first-order chi connectivity index (χ1) is 9.88. The smallest absolute Gasteiger partial charge is 0.331 e. The standard InChI is InChI=1S/C16H20BrNO3/c1-11(2)10-18-16(20)12(3)21-15(19)8-7-13-5-4-6-14(17)9-13/h4-9,11-12H,10H2,1-3H3,(H,18,20)/b8-7+/t12-/m1/s1. The molecule has 0 fully saturated rings. The van der Waals surface area contributed by atoms with E-state index in [0.717, 1.165) is 10.0 Å². The number of carbonyl (C=O) groups excluding carboxylic acids is 2. The van der Waals surface area contributed by atoms with E-state index >= 15 is 0 Å². The molecule has 4 nitrogen and oxygen atoms in total. The average Bonchev–Trinajstić information content (AvgIpc) is 2.42. The Morgan fingerprint density at radius 1 is 1.33 bits per heavy atom. The van der Waals surface area contributed by atoms with E-state index in [-0.39, 0.29) is 5.91 Å². The van der Waals surface area contributed by atoms with E-state index in [1.165, 1.54) is 6.08 Å². The predicted molar refractivity (Wildman–Crippen MR) is 86.6 cm³/mol. The van der Waals surface area contributed by atoms with Gasteiger partial charge in [-0.2, -0.15) is 0 Å². The van der Waals surface area contributed by atoms with E-state index in [0.29, 0.717) is 12.5 Å². The van der Waals surface area contributed by atoms with Gasteiger partial charge in [-0.3, -0.25) is 4.79 Å². The summed E-state index contributed by atoms with van der Waals surface area (Å²) < 4.78 is 5.98. The molecule has 5 heteroatoms. The quantitative estimate of drug-likeness (QED) is 0.631. The molecule has 1 rings (SSSR count). The third-order valence-corrected chi connectivity index (χ3v) is 3.10. The Bertz CT molecular complexity index is 526. The topological polar surface area (TPSA) is 55.4 Å². The molecule has 0 bridgehead atoms.